The SMILES string of the molecule is O=C1C2CC(CO2)N1Cc1ccccc1O. The Morgan fingerprint density at radius 3 is 2.94 bits per heavy atom. The number of phenolic OH excluding ortho intramolecular Hbond substituents is 1. The van der Waals surface area contributed by atoms with Crippen molar-refractivity contribution in [3.8, 4) is 5.75 Å². The molecule has 2 atom stereocenters. The summed E-state index contributed by atoms with van der Waals surface area (Å²) in [5, 5.41) is 9.66. The molecule has 0 aromatic heterocycles. The highest BCUT2D eigenvalue weighted by Crippen LogP contribution is 2.31. The molecular weight excluding hydrogens is 206 g/mol. The fourth-order valence-electron chi connectivity index (χ4n) is 2.40. The lowest BCUT2D eigenvalue weighted by Crippen LogP contribution is -2.41. The van der Waals surface area contributed by atoms with Gasteiger partial charge in [-0.1, -0.05) is 18.2 Å². The van der Waals surface area contributed by atoms with Gasteiger partial charge in [-0.05, 0) is 6.07 Å². The van der Waals surface area contributed by atoms with Gasteiger partial charge < -0.3 is 14.7 Å². The van der Waals surface area contributed by atoms with Gasteiger partial charge in [0.05, 0.1) is 12.6 Å². The second-order valence-corrected chi connectivity index (χ2v) is 4.31. The Morgan fingerprint density at radius 2 is 2.25 bits per heavy atom. The van der Waals surface area contributed by atoms with Crippen molar-refractivity contribution in [1.82, 2.24) is 4.90 Å². The van der Waals surface area contributed by atoms with Crippen LogP contribution in [0.4, 0.5) is 0 Å². The zero-order valence-corrected chi connectivity index (χ0v) is 8.80. The molecule has 2 heterocycles. The smallest absolute Gasteiger partial charge is 0.252 e. The third-order valence-corrected chi connectivity index (χ3v) is 3.31. The monoisotopic (exact) mass is 219 g/mol. The number of morpholine rings is 1. The molecule has 0 spiro atoms. The summed E-state index contributed by atoms with van der Waals surface area (Å²) >= 11 is 0. The molecule has 84 valence electrons. The molecule has 2 bridgehead atoms. The average Bonchev–Trinajstić information content (AvgIpc) is 2.85. The van der Waals surface area contributed by atoms with E-state index >= 15 is 0 Å². The van der Waals surface area contributed by atoms with E-state index in [-0.39, 0.29) is 23.8 Å². The van der Waals surface area contributed by atoms with Gasteiger partial charge in [-0.25, -0.2) is 0 Å². The van der Waals surface area contributed by atoms with E-state index in [1.54, 1.807) is 12.1 Å². The Balaban J connectivity index is 1.81. The molecule has 0 radical (unpaired) electrons. The summed E-state index contributed by atoms with van der Waals surface area (Å²) in [7, 11) is 0. The Kier molecular flexibility index (Phi) is 2.11. The molecule has 0 aliphatic carbocycles. The van der Waals surface area contributed by atoms with Gasteiger partial charge in [0.1, 0.15) is 11.9 Å². The minimum Gasteiger partial charge on any atom is -0.508 e. The summed E-state index contributed by atoms with van der Waals surface area (Å²) in [6, 6.07) is 7.32. The quantitative estimate of drug-likeness (QED) is 0.803. The first-order valence-electron chi connectivity index (χ1n) is 5.44. The van der Waals surface area contributed by atoms with Gasteiger partial charge in [-0.3, -0.25) is 4.79 Å². The number of aromatic hydroxyl groups is 1. The summed E-state index contributed by atoms with van der Waals surface area (Å²) < 4.78 is 5.31. The zero-order valence-electron chi connectivity index (χ0n) is 8.80. The number of rotatable bonds is 2. The van der Waals surface area contributed by atoms with Gasteiger partial charge >= 0.3 is 0 Å². The largest absolute Gasteiger partial charge is 0.508 e. The van der Waals surface area contributed by atoms with Crippen molar-refractivity contribution in [1.29, 1.82) is 0 Å². The van der Waals surface area contributed by atoms with Crippen LogP contribution in [0.5, 0.6) is 5.75 Å². The van der Waals surface area contributed by atoms with Gasteiger partial charge in [-0.15, -0.1) is 0 Å². The van der Waals surface area contributed by atoms with E-state index in [2.05, 4.69) is 0 Å². The van der Waals surface area contributed by atoms with E-state index in [9.17, 15) is 9.90 Å². The highest BCUT2D eigenvalue weighted by Gasteiger charge is 2.45. The van der Waals surface area contributed by atoms with E-state index in [0.717, 1.165) is 12.0 Å². The average molecular weight is 219 g/mol. The van der Waals surface area contributed by atoms with Crippen molar-refractivity contribution >= 4 is 5.91 Å². The Hall–Kier alpha value is -1.55. The standard InChI is InChI=1S/C12H13NO3/c14-10-4-2-1-3-8(10)6-13-9-5-11(12(13)15)16-7-9/h1-4,9,11,14H,5-7H2. The van der Waals surface area contributed by atoms with E-state index in [4.69, 9.17) is 4.74 Å². The van der Waals surface area contributed by atoms with Crippen LogP contribution in [0.25, 0.3) is 0 Å². The number of benzene rings is 1. The van der Waals surface area contributed by atoms with Crippen LogP contribution in [0.2, 0.25) is 0 Å². The molecule has 2 fully saturated rings. The fourth-order valence-corrected chi connectivity index (χ4v) is 2.40. The highest BCUT2D eigenvalue weighted by atomic mass is 16.5. The van der Waals surface area contributed by atoms with Crippen molar-refractivity contribution in [3.63, 3.8) is 0 Å². The van der Waals surface area contributed by atoms with Crippen molar-refractivity contribution in [2.24, 2.45) is 0 Å². The van der Waals surface area contributed by atoms with Crippen molar-refractivity contribution in [3.05, 3.63) is 29.8 Å². The first-order valence-corrected chi connectivity index (χ1v) is 5.44. The Morgan fingerprint density at radius 1 is 1.44 bits per heavy atom. The molecule has 2 aliphatic heterocycles. The minimum atomic E-state index is -0.240. The maximum atomic E-state index is 11.8. The number of fused-ring (bicyclic) bond motifs is 2. The number of likely N-dealkylation sites (tertiary alicyclic amines) is 1. The zero-order chi connectivity index (χ0) is 11.1. The van der Waals surface area contributed by atoms with Gasteiger partial charge in [0, 0.05) is 18.5 Å². The summed E-state index contributed by atoms with van der Waals surface area (Å²) in [5.74, 6) is 0.304. The van der Waals surface area contributed by atoms with Crippen LogP contribution in [0.1, 0.15) is 12.0 Å². The first-order chi connectivity index (χ1) is 7.75. The molecule has 4 heteroatoms. The molecule has 4 nitrogen and oxygen atoms in total. The van der Waals surface area contributed by atoms with Crippen LogP contribution >= 0.6 is 0 Å². The van der Waals surface area contributed by atoms with Crippen LogP contribution < -0.4 is 0 Å². The molecule has 2 aliphatic rings. The van der Waals surface area contributed by atoms with Gasteiger partial charge in [0.15, 0.2) is 0 Å². The number of phenols is 1. The van der Waals surface area contributed by atoms with E-state index in [0.29, 0.717) is 13.2 Å². The van der Waals surface area contributed by atoms with Gasteiger partial charge in [-0.2, -0.15) is 0 Å². The topological polar surface area (TPSA) is 49.8 Å². The summed E-state index contributed by atoms with van der Waals surface area (Å²) in [4.78, 5) is 13.6. The number of nitrogens with zero attached hydrogens (tertiary/aromatic N) is 1. The maximum absolute atomic E-state index is 11.8. The van der Waals surface area contributed by atoms with Crippen LogP contribution in [-0.2, 0) is 16.1 Å². The summed E-state index contributed by atoms with van der Waals surface area (Å²) in [6.45, 7) is 1.11. The lowest BCUT2D eigenvalue weighted by molar-refractivity contribution is -0.144. The maximum Gasteiger partial charge on any atom is 0.252 e. The second-order valence-electron chi connectivity index (χ2n) is 4.31. The van der Waals surface area contributed by atoms with Crippen LogP contribution in [-0.4, -0.2) is 34.7 Å². The molecule has 2 saturated heterocycles. The second kappa shape index (κ2) is 3.49. The lowest BCUT2D eigenvalue weighted by Gasteiger charge is -2.27. The first kappa shape index (κ1) is 9.66. The fraction of sp³-hybridized carbons (Fsp3) is 0.417. The van der Waals surface area contributed by atoms with Gasteiger partial charge in [0.25, 0.3) is 5.91 Å². The van der Waals surface area contributed by atoms with E-state index in [1.165, 1.54) is 0 Å². The minimum absolute atomic E-state index is 0.0551. The molecule has 1 aromatic rings. The molecule has 2 unspecified atom stereocenters. The Bertz CT molecular complexity index is 432. The number of hydrogen-bond donors (Lipinski definition) is 1. The van der Waals surface area contributed by atoms with Crippen LogP contribution in [0.3, 0.4) is 0 Å². The molecule has 16 heavy (non-hydrogen) atoms. The predicted molar refractivity (Wildman–Crippen MR) is 56.8 cm³/mol. The third kappa shape index (κ3) is 1.38. The van der Waals surface area contributed by atoms with E-state index < -0.39 is 0 Å². The van der Waals surface area contributed by atoms with Crippen LogP contribution in [0.15, 0.2) is 24.3 Å². The molecular formula is C12H13NO3. The van der Waals surface area contributed by atoms with Gasteiger partial charge in [0.2, 0.25) is 0 Å². The Labute approximate surface area is 93.4 Å². The number of hydrogen-bond acceptors (Lipinski definition) is 3. The highest BCUT2D eigenvalue weighted by molar-refractivity contribution is 5.84. The van der Waals surface area contributed by atoms with Crippen LogP contribution in [0, 0.1) is 0 Å². The molecule has 1 N–H and O–H groups in total. The summed E-state index contributed by atoms with van der Waals surface area (Å²) in [6.07, 6.45) is 0.558. The number of amides is 1. The third-order valence-electron chi connectivity index (χ3n) is 3.31. The normalized spacial score (nSPS) is 27.8. The number of carbonyl (C=O) groups is 1. The van der Waals surface area contributed by atoms with E-state index in [1.807, 2.05) is 17.0 Å². The number of ether oxygens (including phenoxy) is 1. The van der Waals surface area contributed by atoms with Crippen molar-refractivity contribution in [2.75, 3.05) is 6.61 Å². The van der Waals surface area contributed by atoms with Crippen molar-refractivity contribution < 1.29 is 14.6 Å². The molecule has 3 rings (SSSR count). The lowest BCUT2D eigenvalue weighted by atomic mass is 10.1. The molecule has 1 amide bonds. The molecule has 0 saturated carbocycles. The van der Waals surface area contributed by atoms with Crippen molar-refractivity contribution in [2.45, 2.75) is 25.1 Å². The number of para-hydroxylation sites is 1. The number of carbonyl (C=O) groups excluding carboxylic acids is 1. The summed E-state index contributed by atoms with van der Waals surface area (Å²) in [5.41, 5.74) is 0.795. The molecule has 1 aromatic carbocycles. The predicted octanol–water partition coefficient (Wildman–Crippen LogP) is 0.892.